The average molecular weight is 419 g/mol. The molecule has 1 aliphatic heterocycles. The summed E-state index contributed by atoms with van der Waals surface area (Å²) in [7, 11) is -3.62. The number of aromatic amines is 1. The van der Waals surface area contributed by atoms with Gasteiger partial charge in [-0.1, -0.05) is 35.9 Å². The molecule has 1 N–H and O–H groups in total. The molecule has 0 radical (unpaired) electrons. The summed E-state index contributed by atoms with van der Waals surface area (Å²) < 4.78 is 27.1. The van der Waals surface area contributed by atoms with Crippen molar-refractivity contribution in [3.05, 3.63) is 69.7 Å². The highest BCUT2D eigenvalue weighted by Gasteiger charge is 2.30. The lowest BCUT2D eigenvalue weighted by Crippen LogP contribution is -2.48. The van der Waals surface area contributed by atoms with Crippen LogP contribution in [0.4, 0.5) is 0 Å². The van der Waals surface area contributed by atoms with Crippen LogP contribution in [0.1, 0.15) is 5.82 Å². The van der Waals surface area contributed by atoms with Crippen LogP contribution in [0.2, 0.25) is 5.02 Å². The molecule has 0 saturated carbocycles. The minimum Gasteiger partial charge on any atom is -0.309 e. The fourth-order valence-corrected chi connectivity index (χ4v) is 5.26. The van der Waals surface area contributed by atoms with Gasteiger partial charge in [-0.3, -0.25) is 9.69 Å². The van der Waals surface area contributed by atoms with Gasteiger partial charge in [-0.05, 0) is 24.3 Å². The van der Waals surface area contributed by atoms with Crippen molar-refractivity contribution in [2.45, 2.75) is 11.4 Å². The van der Waals surface area contributed by atoms with E-state index in [-0.39, 0.29) is 15.5 Å². The van der Waals surface area contributed by atoms with E-state index in [4.69, 9.17) is 11.6 Å². The predicted molar refractivity (Wildman–Crippen MR) is 108 cm³/mol. The summed E-state index contributed by atoms with van der Waals surface area (Å²) in [5.74, 6) is 0.575. The van der Waals surface area contributed by atoms with Crippen molar-refractivity contribution < 1.29 is 8.42 Å². The van der Waals surface area contributed by atoms with E-state index in [2.05, 4.69) is 14.9 Å². The molecule has 28 heavy (non-hydrogen) atoms. The number of sulfonamides is 1. The number of benzene rings is 2. The van der Waals surface area contributed by atoms with Crippen molar-refractivity contribution in [2.75, 3.05) is 26.2 Å². The lowest BCUT2D eigenvalue weighted by atomic mass is 10.2. The first-order valence-corrected chi connectivity index (χ1v) is 10.7. The first kappa shape index (κ1) is 19.1. The van der Waals surface area contributed by atoms with Gasteiger partial charge >= 0.3 is 0 Å². The van der Waals surface area contributed by atoms with Crippen LogP contribution in [0.5, 0.6) is 0 Å². The molecule has 0 bridgehead atoms. The third kappa shape index (κ3) is 3.68. The third-order valence-electron chi connectivity index (χ3n) is 4.82. The summed E-state index contributed by atoms with van der Waals surface area (Å²) >= 11 is 6.07. The molecule has 7 nitrogen and oxygen atoms in total. The summed E-state index contributed by atoms with van der Waals surface area (Å²) in [5, 5.41) is 0.782. The van der Waals surface area contributed by atoms with Gasteiger partial charge in [-0.25, -0.2) is 13.4 Å². The molecular weight excluding hydrogens is 400 g/mol. The Morgan fingerprint density at radius 2 is 1.68 bits per heavy atom. The molecule has 0 unspecified atom stereocenters. The molecule has 3 aromatic rings. The zero-order valence-corrected chi connectivity index (χ0v) is 16.6. The summed E-state index contributed by atoms with van der Waals surface area (Å²) in [6.07, 6.45) is 0. The van der Waals surface area contributed by atoms with Crippen molar-refractivity contribution in [1.29, 1.82) is 0 Å². The van der Waals surface area contributed by atoms with Crippen LogP contribution < -0.4 is 5.56 Å². The number of hydrogen-bond acceptors (Lipinski definition) is 5. The second kappa shape index (κ2) is 7.63. The fraction of sp³-hybridized carbons (Fsp3) is 0.263. The Morgan fingerprint density at radius 3 is 2.43 bits per heavy atom. The largest absolute Gasteiger partial charge is 0.309 e. The van der Waals surface area contributed by atoms with Gasteiger partial charge in [-0.15, -0.1) is 0 Å². The highest BCUT2D eigenvalue weighted by molar-refractivity contribution is 7.89. The van der Waals surface area contributed by atoms with Gasteiger partial charge in [0.05, 0.1) is 22.5 Å². The second-order valence-corrected chi connectivity index (χ2v) is 8.95. The van der Waals surface area contributed by atoms with Crippen LogP contribution >= 0.6 is 11.6 Å². The molecular formula is C19H19ClN4O3S. The Morgan fingerprint density at radius 1 is 1.00 bits per heavy atom. The number of para-hydroxylation sites is 1. The van der Waals surface area contributed by atoms with Crippen molar-refractivity contribution in [3.8, 4) is 0 Å². The number of hydrogen-bond donors (Lipinski definition) is 1. The van der Waals surface area contributed by atoms with E-state index in [9.17, 15) is 13.2 Å². The smallest absolute Gasteiger partial charge is 0.258 e. The Balaban J connectivity index is 1.46. The quantitative estimate of drug-likeness (QED) is 0.701. The van der Waals surface area contributed by atoms with Gasteiger partial charge < -0.3 is 4.98 Å². The van der Waals surface area contributed by atoms with E-state index in [1.165, 1.54) is 10.4 Å². The number of rotatable bonds is 4. The summed E-state index contributed by atoms with van der Waals surface area (Å²) in [6, 6.07) is 13.7. The van der Waals surface area contributed by atoms with Gasteiger partial charge in [0.2, 0.25) is 10.0 Å². The summed E-state index contributed by atoms with van der Waals surface area (Å²) in [6.45, 7) is 2.25. The standard InChI is InChI=1S/C19H19ClN4O3S/c20-15-6-2-4-8-17(15)28(26,27)24-11-9-23(10-12-24)13-18-21-16-7-3-1-5-14(16)19(25)22-18/h1-8H,9-13H2,(H,21,22,25). The number of H-pyrrole nitrogens is 1. The number of fused-ring (bicyclic) bond motifs is 1. The normalized spacial score (nSPS) is 16.5. The molecule has 0 atom stereocenters. The van der Waals surface area contributed by atoms with E-state index in [1.807, 2.05) is 12.1 Å². The topological polar surface area (TPSA) is 86.4 Å². The Labute approximate surface area is 167 Å². The average Bonchev–Trinajstić information content (AvgIpc) is 2.69. The van der Waals surface area contributed by atoms with Gasteiger partial charge in [0.1, 0.15) is 10.7 Å². The number of nitrogens with zero attached hydrogens (tertiary/aromatic N) is 3. The molecule has 9 heteroatoms. The molecule has 2 aromatic carbocycles. The molecule has 1 fully saturated rings. The first-order valence-electron chi connectivity index (χ1n) is 8.90. The Kier molecular flexibility index (Phi) is 5.20. The summed E-state index contributed by atoms with van der Waals surface area (Å²) in [4.78, 5) is 21.7. The number of halogens is 1. The van der Waals surface area contributed by atoms with Crippen LogP contribution in [-0.4, -0.2) is 53.8 Å². The van der Waals surface area contributed by atoms with Gasteiger partial charge in [-0.2, -0.15) is 4.31 Å². The van der Waals surface area contributed by atoms with E-state index in [0.717, 1.165) is 0 Å². The maximum Gasteiger partial charge on any atom is 0.258 e. The maximum absolute atomic E-state index is 12.8. The van der Waals surface area contributed by atoms with E-state index in [1.54, 1.807) is 30.3 Å². The van der Waals surface area contributed by atoms with Crippen molar-refractivity contribution in [2.24, 2.45) is 0 Å². The minimum atomic E-state index is -3.62. The lowest BCUT2D eigenvalue weighted by Gasteiger charge is -2.33. The van der Waals surface area contributed by atoms with Crippen LogP contribution in [0, 0.1) is 0 Å². The lowest BCUT2D eigenvalue weighted by molar-refractivity contribution is 0.178. The number of aromatic nitrogens is 2. The zero-order valence-electron chi connectivity index (χ0n) is 15.0. The minimum absolute atomic E-state index is 0.130. The maximum atomic E-state index is 12.8. The molecule has 2 heterocycles. The van der Waals surface area contributed by atoms with Gasteiger partial charge in [0, 0.05) is 26.2 Å². The number of piperazine rings is 1. The highest BCUT2D eigenvalue weighted by atomic mass is 35.5. The van der Waals surface area contributed by atoms with Crippen molar-refractivity contribution in [3.63, 3.8) is 0 Å². The van der Waals surface area contributed by atoms with Crippen molar-refractivity contribution in [1.82, 2.24) is 19.2 Å². The van der Waals surface area contributed by atoms with Crippen molar-refractivity contribution >= 4 is 32.5 Å². The van der Waals surface area contributed by atoms with Crippen LogP contribution in [0.25, 0.3) is 10.9 Å². The Bertz CT molecular complexity index is 1170. The monoisotopic (exact) mass is 418 g/mol. The zero-order chi connectivity index (χ0) is 19.7. The van der Waals surface area contributed by atoms with Crippen LogP contribution in [0.3, 0.4) is 0 Å². The fourth-order valence-electron chi connectivity index (χ4n) is 3.34. The molecule has 0 aliphatic carbocycles. The molecule has 146 valence electrons. The van der Waals surface area contributed by atoms with E-state index < -0.39 is 10.0 Å². The van der Waals surface area contributed by atoms with Crippen LogP contribution in [-0.2, 0) is 16.6 Å². The molecule has 0 spiro atoms. The number of nitrogens with one attached hydrogen (secondary N) is 1. The molecule has 1 saturated heterocycles. The Hall–Kier alpha value is -2.26. The van der Waals surface area contributed by atoms with Gasteiger partial charge in [0.15, 0.2) is 0 Å². The first-order chi connectivity index (χ1) is 13.4. The molecule has 1 aliphatic rings. The third-order valence-corrected chi connectivity index (χ3v) is 7.22. The van der Waals surface area contributed by atoms with Crippen LogP contribution in [0.15, 0.2) is 58.2 Å². The summed E-state index contributed by atoms with van der Waals surface area (Å²) in [5.41, 5.74) is 0.488. The van der Waals surface area contributed by atoms with E-state index in [0.29, 0.717) is 49.5 Å². The molecule has 0 amide bonds. The SMILES string of the molecule is O=c1[nH]c(CN2CCN(S(=O)(=O)c3ccccc3Cl)CC2)nc2ccccc12. The second-order valence-electron chi connectivity index (χ2n) is 6.64. The molecule has 1 aromatic heterocycles. The molecule has 4 rings (SSSR count). The van der Waals surface area contributed by atoms with Gasteiger partial charge in [0.25, 0.3) is 5.56 Å². The van der Waals surface area contributed by atoms with E-state index >= 15 is 0 Å². The highest BCUT2D eigenvalue weighted by Crippen LogP contribution is 2.25. The predicted octanol–water partition coefficient (Wildman–Crippen LogP) is 2.08.